The van der Waals surface area contributed by atoms with Crippen LogP contribution in [-0.2, 0) is 0 Å². The summed E-state index contributed by atoms with van der Waals surface area (Å²) in [6.45, 7) is 6.21. The maximum Gasteiger partial charge on any atom is 0.124 e. The number of pyridine rings is 1. The molecule has 0 atom stereocenters. The van der Waals surface area contributed by atoms with E-state index in [4.69, 9.17) is 18.0 Å². The molecule has 15 heavy (non-hydrogen) atoms. The standard InChI is InChI=1S/C11H17N3S/c1-3-8-14(4-2)9-6-5-7-13-10(9)11(12)15/h5-7H,3-4,8H2,1-2H3,(H2,12,15). The minimum Gasteiger partial charge on any atom is -0.388 e. The minimum atomic E-state index is 0.361. The number of nitrogens with zero attached hydrogens (tertiary/aromatic N) is 2. The van der Waals surface area contributed by atoms with Crippen LogP contribution in [0.15, 0.2) is 18.3 Å². The molecular weight excluding hydrogens is 206 g/mol. The molecular formula is C11H17N3S. The summed E-state index contributed by atoms with van der Waals surface area (Å²) >= 11 is 4.99. The maximum absolute atomic E-state index is 5.65. The summed E-state index contributed by atoms with van der Waals surface area (Å²) in [7, 11) is 0. The second-order valence-corrected chi connectivity index (χ2v) is 3.75. The van der Waals surface area contributed by atoms with Gasteiger partial charge in [0.25, 0.3) is 0 Å². The predicted molar refractivity (Wildman–Crippen MR) is 68.3 cm³/mol. The first kappa shape index (κ1) is 11.9. The summed E-state index contributed by atoms with van der Waals surface area (Å²) in [5.41, 5.74) is 7.41. The van der Waals surface area contributed by atoms with Crippen LogP contribution in [0.4, 0.5) is 5.69 Å². The van der Waals surface area contributed by atoms with Gasteiger partial charge in [-0.2, -0.15) is 0 Å². The van der Waals surface area contributed by atoms with E-state index in [0.29, 0.717) is 4.99 Å². The van der Waals surface area contributed by atoms with Gasteiger partial charge in [0.05, 0.1) is 5.69 Å². The van der Waals surface area contributed by atoms with Crippen molar-refractivity contribution in [3.8, 4) is 0 Å². The van der Waals surface area contributed by atoms with Crippen LogP contribution >= 0.6 is 12.2 Å². The monoisotopic (exact) mass is 223 g/mol. The molecule has 0 unspecified atom stereocenters. The molecule has 1 aromatic rings. The molecule has 0 aromatic carbocycles. The topological polar surface area (TPSA) is 42.2 Å². The van der Waals surface area contributed by atoms with Gasteiger partial charge in [-0.05, 0) is 25.5 Å². The van der Waals surface area contributed by atoms with Crippen molar-refractivity contribution in [1.82, 2.24) is 4.98 Å². The Balaban J connectivity index is 3.04. The zero-order valence-corrected chi connectivity index (χ0v) is 10.0. The molecule has 2 N–H and O–H groups in total. The van der Waals surface area contributed by atoms with Gasteiger partial charge in [0.15, 0.2) is 0 Å². The number of thiocarbonyl (C=S) groups is 1. The number of rotatable bonds is 5. The van der Waals surface area contributed by atoms with Crippen LogP contribution in [0, 0.1) is 0 Å². The Kier molecular flexibility index (Phi) is 4.49. The average molecular weight is 223 g/mol. The maximum atomic E-state index is 5.65. The van der Waals surface area contributed by atoms with E-state index in [1.54, 1.807) is 6.20 Å². The molecule has 0 aliphatic rings. The number of aromatic nitrogens is 1. The van der Waals surface area contributed by atoms with Crippen LogP contribution in [0.5, 0.6) is 0 Å². The van der Waals surface area contributed by atoms with E-state index in [9.17, 15) is 0 Å². The molecule has 3 nitrogen and oxygen atoms in total. The SMILES string of the molecule is CCCN(CC)c1cccnc1C(N)=S. The Morgan fingerprint density at radius 1 is 1.53 bits per heavy atom. The highest BCUT2D eigenvalue weighted by molar-refractivity contribution is 7.80. The fourth-order valence-corrected chi connectivity index (χ4v) is 1.72. The Morgan fingerprint density at radius 2 is 2.27 bits per heavy atom. The largest absolute Gasteiger partial charge is 0.388 e. The molecule has 0 saturated carbocycles. The Labute approximate surface area is 96.3 Å². The van der Waals surface area contributed by atoms with E-state index in [1.807, 2.05) is 12.1 Å². The molecule has 1 rings (SSSR count). The smallest absolute Gasteiger partial charge is 0.124 e. The first-order valence-electron chi connectivity index (χ1n) is 5.20. The first-order valence-corrected chi connectivity index (χ1v) is 5.61. The molecule has 0 bridgehead atoms. The third kappa shape index (κ3) is 2.89. The number of anilines is 1. The minimum absolute atomic E-state index is 0.361. The van der Waals surface area contributed by atoms with E-state index < -0.39 is 0 Å². The highest BCUT2D eigenvalue weighted by atomic mass is 32.1. The van der Waals surface area contributed by atoms with Crippen molar-refractivity contribution in [3.63, 3.8) is 0 Å². The van der Waals surface area contributed by atoms with Gasteiger partial charge >= 0.3 is 0 Å². The van der Waals surface area contributed by atoms with Crippen LogP contribution < -0.4 is 10.6 Å². The lowest BCUT2D eigenvalue weighted by Gasteiger charge is -2.24. The van der Waals surface area contributed by atoms with Gasteiger partial charge in [-0.25, -0.2) is 0 Å². The molecule has 0 aliphatic heterocycles. The van der Waals surface area contributed by atoms with Crippen molar-refractivity contribution >= 4 is 22.9 Å². The summed E-state index contributed by atoms with van der Waals surface area (Å²) in [6.07, 6.45) is 2.82. The molecule has 0 fully saturated rings. The zero-order chi connectivity index (χ0) is 11.3. The second-order valence-electron chi connectivity index (χ2n) is 3.32. The third-order valence-electron chi connectivity index (χ3n) is 2.24. The average Bonchev–Trinajstić information content (AvgIpc) is 2.26. The Hall–Kier alpha value is -1.16. The van der Waals surface area contributed by atoms with Gasteiger partial charge in [-0.15, -0.1) is 0 Å². The van der Waals surface area contributed by atoms with Crippen molar-refractivity contribution in [3.05, 3.63) is 24.0 Å². The van der Waals surface area contributed by atoms with Crippen LogP contribution in [0.1, 0.15) is 26.0 Å². The quantitative estimate of drug-likeness (QED) is 0.775. The molecule has 0 aliphatic carbocycles. The van der Waals surface area contributed by atoms with Crippen LogP contribution in [0.3, 0.4) is 0 Å². The first-order chi connectivity index (χ1) is 7.20. The number of hydrogen-bond acceptors (Lipinski definition) is 3. The van der Waals surface area contributed by atoms with Gasteiger partial charge in [-0.1, -0.05) is 19.1 Å². The fourth-order valence-electron chi connectivity index (χ4n) is 1.56. The van der Waals surface area contributed by atoms with Crippen molar-refractivity contribution in [2.45, 2.75) is 20.3 Å². The number of hydrogen-bond donors (Lipinski definition) is 1. The predicted octanol–water partition coefficient (Wildman–Crippen LogP) is 1.95. The van der Waals surface area contributed by atoms with E-state index >= 15 is 0 Å². The van der Waals surface area contributed by atoms with Crippen LogP contribution in [0.2, 0.25) is 0 Å². The van der Waals surface area contributed by atoms with Crippen molar-refractivity contribution in [1.29, 1.82) is 0 Å². The van der Waals surface area contributed by atoms with Crippen molar-refractivity contribution in [2.24, 2.45) is 5.73 Å². The lowest BCUT2D eigenvalue weighted by Crippen LogP contribution is -2.27. The highest BCUT2D eigenvalue weighted by Crippen LogP contribution is 2.18. The molecule has 1 aromatic heterocycles. The molecule has 1 heterocycles. The molecule has 0 amide bonds. The van der Waals surface area contributed by atoms with Gasteiger partial charge in [0.2, 0.25) is 0 Å². The lowest BCUT2D eigenvalue weighted by molar-refractivity contribution is 0.788. The van der Waals surface area contributed by atoms with E-state index in [2.05, 4.69) is 23.7 Å². The summed E-state index contributed by atoms with van der Waals surface area (Å²) in [6, 6.07) is 3.93. The van der Waals surface area contributed by atoms with Gasteiger partial charge < -0.3 is 10.6 Å². The molecule has 0 spiro atoms. The Morgan fingerprint density at radius 3 is 2.80 bits per heavy atom. The van der Waals surface area contributed by atoms with Gasteiger partial charge in [-0.3, -0.25) is 4.98 Å². The van der Waals surface area contributed by atoms with E-state index in [1.165, 1.54) is 0 Å². The molecule has 0 radical (unpaired) electrons. The molecule has 0 saturated heterocycles. The third-order valence-corrected chi connectivity index (χ3v) is 2.43. The second kappa shape index (κ2) is 5.66. The van der Waals surface area contributed by atoms with Gasteiger partial charge in [0, 0.05) is 19.3 Å². The summed E-state index contributed by atoms with van der Waals surface area (Å²) in [5, 5.41) is 0. The number of nitrogens with two attached hydrogens (primary N) is 1. The molecule has 82 valence electrons. The summed E-state index contributed by atoms with van der Waals surface area (Å²) < 4.78 is 0. The van der Waals surface area contributed by atoms with E-state index in [0.717, 1.165) is 30.9 Å². The highest BCUT2D eigenvalue weighted by Gasteiger charge is 2.11. The van der Waals surface area contributed by atoms with Crippen molar-refractivity contribution in [2.75, 3.05) is 18.0 Å². The summed E-state index contributed by atoms with van der Waals surface area (Å²) in [4.78, 5) is 6.82. The van der Waals surface area contributed by atoms with E-state index in [-0.39, 0.29) is 0 Å². The van der Waals surface area contributed by atoms with Crippen LogP contribution in [0.25, 0.3) is 0 Å². The van der Waals surface area contributed by atoms with Crippen LogP contribution in [-0.4, -0.2) is 23.1 Å². The van der Waals surface area contributed by atoms with Gasteiger partial charge in [0.1, 0.15) is 10.7 Å². The zero-order valence-electron chi connectivity index (χ0n) is 9.23. The lowest BCUT2D eigenvalue weighted by atomic mass is 10.2. The summed E-state index contributed by atoms with van der Waals surface area (Å²) in [5.74, 6) is 0. The molecule has 4 heteroatoms. The Bertz CT molecular complexity index is 338. The fraction of sp³-hybridized carbons (Fsp3) is 0.455. The van der Waals surface area contributed by atoms with Crippen molar-refractivity contribution < 1.29 is 0 Å². The normalized spacial score (nSPS) is 10.0.